The Morgan fingerprint density at radius 1 is 1.22 bits per heavy atom. The van der Waals surface area contributed by atoms with Crippen molar-refractivity contribution in [3.8, 4) is 17.6 Å². The summed E-state index contributed by atoms with van der Waals surface area (Å²) in [7, 11) is 1.59. The number of carbonyl (C=O) groups excluding carboxylic acids is 1. The summed E-state index contributed by atoms with van der Waals surface area (Å²) in [5.74, 6) is 0.422. The SMILES string of the molecule is COc1ccc(CNC(=O)/C(C#N)=C\c2ccc(O)cc2)cc1. The smallest absolute Gasteiger partial charge is 0.262 e. The first-order chi connectivity index (χ1) is 11.1. The van der Waals surface area contributed by atoms with E-state index in [-0.39, 0.29) is 11.3 Å². The number of hydrogen-bond donors (Lipinski definition) is 2. The second-order valence-corrected chi connectivity index (χ2v) is 4.79. The molecule has 2 aromatic rings. The molecule has 116 valence electrons. The van der Waals surface area contributed by atoms with E-state index >= 15 is 0 Å². The van der Waals surface area contributed by atoms with E-state index in [1.165, 1.54) is 18.2 Å². The predicted molar refractivity (Wildman–Crippen MR) is 86.5 cm³/mol. The molecule has 0 aliphatic rings. The zero-order valence-corrected chi connectivity index (χ0v) is 12.6. The number of nitrogens with zero attached hydrogens (tertiary/aromatic N) is 1. The average molecular weight is 308 g/mol. The lowest BCUT2D eigenvalue weighted by atomic mass is 10.1. The molecule has 0 aromatic heterocycles. The lowest BCUT2D eigenvalue weighted by Gasteiger charge is -2.06. The van der Waals surface area contributed by atoms with Gasteiger partial charge in [0.15, 0.2) is 0 Å². The Labute approximate surface area is 134 Å². The molecule has 0 fully saturated rings. The van der Waals surface area contributed by atoms with Gasteiger partial charge in [0, 0.05) is 6.54 Å². The quantitative estimate of drug-likeness (QED) is 0.657. The van der Waals surface area contributed by atoms with Gasteiger partial charge in [0.1, 0.15) is 23.1 Å². The van der Waals surface area contributed by atoms with Crippen LogP contribution in [0.4, 0.5) is 0 Å². The van der Waals surface area contributed by atoms with Crippen LogP contribution in [0.3, 0.4) is 0 Å². The van der Waals surface area contributed by atoms with Crippen molar-refractivity contribution in [2.24, 2.45) is 0 Å². The van der Waals surface area contributed by atoms with Crippen LogP contribution in [0.2, 0.25) is 0 Å². The van der Waals surface area contributed by atoms with Crippen LogP contribution in [0.15, 0.2) is 54.1 Å². The highest BCUT2D eigenvalue weighted by atomic mass is 16.5. The second kappa shape index (κ2) is 7.66. The standard InChI is InChI=1S/C18H16N2O3/c1-23-17-8-4-14(5-9-17)12-20-18(22)15(11-19)10-13-2-6-16(21)7-3-13/h2-10,21H,12H2,1H3,(H,20,22)/b15-10-. The minimum atomic E-state index is -0.448. The zero-order chi connectivity index (χ0) is 16.7. The molecule has 0 saturated carbocycles. The number of hydrogen-bond acceptors (Lipinski definition) is 4. The van der Waals surface area contributed by atoms with Crippen LogP contribution in [-0.2, 0) is 11.3 Å². The van der Waals surface area contributed by atoms with E-state index in [2.05, 4.69) is 5.32 Å². The summed E-state index contributed by atoms with van der Waals surface area (Å²) in [5.41, 5.74) is 1.57. The summed E-state index contributed by atoms with van der Waals surface area (Å²) < 4.78 is 5.07. The van der Waals surface area contributed by atoms with Crippen LogP contribution in [0.25, 0.3) is 6.08 Å². The first-order valence-corrected chi connectivity index (χ1v) is 6.94. The van der Waals surface area contributed by atoms with Crippen LogP contribution in [-0.4, -0.2) is 18.1 Å². The van der Waals surface area contributed by atoms with Gasteiger partial charge in [0.25, 0.3) is 5.91 Å². The van der Waals surface area contributed by atoms with Gasteiger partial charge in [0.05, 0.1) is 7.11 Å². The van der Waals surface area contributed by atoms with E-state index in [9.17, 15) is 9.90 Å². The number of phenols is 1. The third kappa shape index (κ3) is 4.61. The molecule has 2 N–H and O–H groups in total. The van der Waals surface area contributed by atoms with Crippen molar-refractivity contribution in [2.45, 2.75) is 6.54 Å². The lowest BCUT2D eigenvalue weighted by Crippen LogP contribution is -2.23. The summed E-state index contributed by atoms with van der Waals surface area (Å²) in [6.45, 7) is 0.317. The van der Waals surface area contributed by atoms with Crippen molar-refractivity contribution in [3.05, 3.63) is 65.2 Å². The van der Waals surface area contributed by atoms with Gasteiger partial charge in [-0.05, 0) is 41.5 Å². The molecular weight excluding hydrogens is 292 g/mol. The Balaban J connectivity index is 2.02. The molecule has 0 atom stereocenters. The van der Waals surface area contributed by atoms with E-state index in [0.29, 0.717) is 12.1 Å². The largest absolute Gasteiger partial charge is 0.508 e. The van der Waals surface area contributed by atoms with Gasteiger partial charge in [-0.15, -0.1) is 0 Å². The lowest BCUT2D eigenvalue weighted by molar-refractivity contribution is -0.117. The van der Waals surface area contributed by atoms with Gasteiger partial charge in [-0.3, -0.25) is 4.79 Å². The van der Waals surface area contributed by atoms with E-state index in [1.54, 1.807) is 31.4 Å². The minimum absolute atomic E-state index is 0.00389. The van der Waals surface area contributed by atoms with Gasteiger partial charge < -0.3 is 15.2 Å². The number of ether oxygens (including phenoxy) is 1. The summed E-state index contributed by atoms with van der Waals surface area (Å²) in [4.78, 5) is 12.1. The number of nitrogens with one attached hydrogen (secondary N) is 1. The van der Waals surface area contributed by atoms with E-state index in [4.69, 9.17) is 10.00 Å². The fourth-order valence-electron chi connectivity index (χ4n) is 1.91. The number of phenolic OH excluding ortho intramolecular Hbond substituents is 1. The number of nitriles is 1. The molecule has 2 rings (SSSR count). The van der Waals surface area contributed by atoms with Crippen LogP contribution in [0, 0.1) is 11.3 Å². The molecule has 23 heavy (non-hydrogen) atoms. The highest BCUT2D eigenvalue weighted by Gasteiger charge is 2.08. The highest BCUT2D eigenvalue weighted by Crippen LogP contribution is 2.13. The second-order valence-electron chi connectivity index (χ2n) is 4.79. The number of methoxy groups -OCH3 is 1. The Kier molecular flexibility index (Phi) is 5.37. The summed E-state index contributed by atoms with van der Waals surface area (Å²) in [6.07, 6.45) is 1.47. The van der Waals surface area contributed by atoms with Crippen molar-refractivity contribution < 1.29 is 14.6 Å². The molecule has 0 heterocycles. The Morgan fingerprint density at radius 2 is 1.87 bits per heavy atom. The molecule has 0 spiro atoms. The Bertz CT molecular complexity index is 741. The zero-order valence-electron chi connectivity index (χ0n) is 12.6. The number of aromatic hydroxyl groups is 1. The third-order valence-electron chi connectivity index (χ3n) is 3.18. The first-order valence-electron chi connectivity index (χ1n) is 6.94. The van der Waals surface area contributed by atoms with Gasteiger partial charge >= 0.3 is 0 Å². The van der Waals surface area contributed by atoms with Crippen LogP contribution >= 0.6 is 0 Å². The van der Waals surface area contributed by atoms with E-state index < -0.39 is 5.91 Å². The molecule has 5 heteroatoms. The summed E-state index contributed by atoms with van der Waals surface area (Å²) in [6, 6.07) is 15.4. The van der Waals surface area contributed by atoms with Gasteiger partial charge in [-0.25, -0.2) is 0 Å². The van der Waals surface area contributed by atoms with Crippen LogP contribution in [0.5, 0.6) is 11.5 Å². The molecular formula is C18H16N2O3. The summed E-state index contributed by atoms with van der Waals surface area (Å²) >= 11 is 0. The fourth-order valence-corrected chi connectivity index (χ4v) is 1.91. The van der Waals surface area contributed by atoms with Crippen molar-refractivity contribution in [2.75, 3.05) is 7.11 Å². The molecule has 0 saturated heterocycles. The number of benzene rings is 2. The average Bonchev–Trinajstić information content (AvgIpc) is 2.59. The van der Waals surface area contributed by atoms with Gasteiger partial charge in [-0.1, -0.05) is 24.3 Å². The maximum atomic E-state index is 12.1. The highest BCUT2D eigenvalue weighted by molar-refractivity contribution is 6.01. The predicted octanol–water partition coefficient (Wildman–Crippen LogP) is 2.62. The maximum absolute atomic E-state index is 12.1. The van der Waals surface area contributed by atoms with E-state index in [1.807, 2.05) is 18.2 Å². The molecule has 0 radical (unpaired) electrons. The molecule has 2 aromatic carbocycles. The number of amides is 1. The third-order valence-corrected chi connectivity index (χ3v) is 3.18. The van der Waals surface area contributed by atoms with Crippen molar-refractivity contribution >= 4 is 12.0 Å². The molecule has 0 aliphatic heterocycles. The van der Waals surface area contributed by atoms with Crippen LogP contribution in [0.1, 0.15) is 11.1 Å². The fraction of sp³-hybridized carbons (Fsp3) is 0.111. The molecule has 0 bridgehead atoms. The molecule has 1 amide bonds. The monoisotopic (exact) mass is 308 g/mol. The molecule has 0 aliphatic carbocycles. The molecule has 5 nitrogen and oxygen atoms in total. The van der Waals surface area contributed by atoms with Gasteiger partial charge in [0.2, 0.25) is 0 Å². The normalized spacial score (nSPS) is 10.7. The van der Waals surface area contributed by atoms with Crippen LogP contribution < -0.4 is 10.1 Å². The van der Waals surface area contributed by atoms with Crippen molar-refractivity contribution in [1.29, 1.82) is 5.26 Å². The van der Waals surface area contributed by atoms with E-state index in [0.717, 1.165) is 11.3 Å². The minimum Gasteiger partial charge on any atom is -0.508 e. The topological polar surface area (TPSA) is 82.3 Å². The Morgan fingerprint density at radius 3 is 2.43 bits per heavy atom. The Hall–Kier alpha value is -3.26. The van der Waals surface area contributed by atoms with Gasteiger partial charge in [-0.2, -0.15) is 5.26 Å². The van der Waals surface area contributed by atoms with Crippen molar-refractivity contribution in [3.63, 3.8) is 0 Å². The summed E-state index contributed by atoms with van der Waals surface area (Å²) in [5, 5.41) is 21.1. The maximum Gasteiger partial charge on any atom is 0.262 e. The van der Waals surface area contributed by atoms with Crippen molar-refractivity contribution in [1.82, 2.24) is 5.32 Å². The molecule has 0 unspecified atom stereocenters. The first kappa shape index (κ1) is 16.1. The number of carbonyl (C=O) groups is 1. The number of rotatable bonds is 5.